The summed E-state index contributed by atoms with van der Waals surface area (Å²) in [5.41, 5.74) is 3.18. The molecule has 1 aromatic heterocycles. The number of nitrogens with zero attached hydrogens (tertiary/aromatic N) is 1. The molecule has 26 heavy (non-hydrogen) atoms. The predicted octanol–water partition coefficient (Wildman–Crippen LogP) is 5.59. The lowest BCUT2D eigenvalue weighted by atomic mass is 10.1. The van der Waals surface area contributed by atoms with E-state index in [0.717, 1.165) is 45.3 Å². The zero-order chi connectivity index (χ0) is 17.9. The Labute approximate surface area is 161 Å². The number of para-hydroxylation sites is 1. The number of aromatic nitrogens is 1. The molecule has 0 aliphatic heterocycles. The van der Waals surface area contributed by atoms with E-state index in [9.17, 15) is 4.79 Å². The summed E-state index contributed by atoms with van der Waals surface area (Å²) in [6.07, 6.45) is 5.70. The van der Waals surface area contributed by atoms with Crippen LogP contribution in [0.3, 0.4) is 0 Å². The summed E-state index contributed by atoms with van der Waals surface area (Å²) in [6, 6.07) is 14.2. The maximum atomic E-state index is 11.9. The van der Waals surface area contributed by atoms with E-state index in [2.05, 4.69) is 17.1 Å². The molecule has 0 radical (unpaired) electrons. The van der Waals surface area contributed by atoms with Crippen LogP contribution in [0, 0.1) is 5.92 Å². The van der Waals surface area contributed by atoms with Crippen molar-refractivity contribution in [2.24, 2.45) is 5.92 Å². The molecule has 0 unspecified atom stereocenters. The quantitative estimate of drug-likeness (QED) is 0.395. The fourth-order valence-electron chi connectivity index (χ4n) is 2.75. The van der Waals surface area contributed by atoms with Crippen LogP contribution < -0.4 is 4.74 Å². The standard InChI is InChI=1S/C21H19NO2S2/c1-24-19-11-7-14(6-10-18(23)15-8-9-15)12-16(19)13-25-21-22-17-4-2-3-5-20(17)26-21/h2-7,10-12,15H,8-9,13H2,1H3/b10-6+. The zero-order valence-electron chi connectivity index (χ0n) is 14.5. The molecule has 1 heterocycles. The number of hydrogen-bond acceptors (Lipinski definition) is 5. The number of ether oxygens (including phenoxy) is 1. The zero-order valence-corrected chi connectivity index (χ0v) is 16.1. The Morgan fingerprint density at radius 2 is 2.15 bits per heavy atom. The lowest BCUT2D eigenvalue weighted by Crippen LogP contribution is -1.94. The van der Waals surface area contributed by atoms with Crippen LogP contribution in [0.25, 0.3) is 16.3 Å². The first kappa shape index (κ1) is 17.3. The fraction of sp³-hybridized carbons (Fsp3) is 0.238. The first-order valence-electron chi connectivity index (χ1n) is 8.60. The third-order valence-corrected chi connectivity index (χ3v) is 6.58. The third-order valence-electron chi connectivity index (χ3n) is 4.35. The maximum absolute atomic E-state index is 11.9. The van der Waals surface area contributed by atoms with Crippen molar-refractivity contribution >= 4 is 45.2 Å². The number of thiazole rings is 1. The number of carbonyl (C=O) groups is 1. The van der Waals surface area contributed by atoms with Crippen LogP contribution in [-0.4, -0.2) is 17.9 Å². The van der Waals surface area contributed by atoms with Gasteiger partial charge in [-0.1, -0.05) is 36.0 Å². The van der Waals surface area contributed by atoms with E-state index in [1.54, 1.807) is 36.3 Å². The van der Waals surface area contributed by atoms with Crippen molar-refractivity contribution in [2.45, 2.75) is 22.9 Å². The Hall–Kier alpha value is -2.11. The summed E-state index contributed by atoms with van der Waals surface area (Å²) in [7, 11) is 1.69. The largest absolute Gasteiger partial charge is 0.496 e. The Morgan fingerprint density at radius 1 is 1.31 bits per heavy atom. The Bertz CT molecular complexity index is 940. The van der Waals surface area contributed by atoms with Gasteiger partial charge in [-0.05, 0) is 48.7 Å². The van der Waals surface area contributed by atoms with Crippen molar-refractivity contribution in [3.05, 3.63) is 59.7 Å². The molecular weight excluding hydrogens is 362 g/mol. The van der Waals surface area contributed by atoms with Gasteiger partial charge in [0.1, 0.15) is 5.75 Å². The number of rotatable bonds is 7. The van der Waals surface area contributed by atoms with Gasteiger partial charge < -0.3 is 4.74 Å². The number of methoxy groups -OCH3 is 1. The molecule has 132 valence electrons. The van der Waals surface area contributed by atoms with Crippen molar-refractivity contribution in [3.8, 4) is 5.75 Å². The van der Waals surface area contributed by atoms with Crippen LogP contribution in [0.2, 0.25) is 0 Å². The molecule has 0 atom stereocenters. The van der Waals surface area contributed by atoms with Gasteiger partial charge in [-0.15, -0.1) is 11.3 Å². The van der Waals surface area contributed by atoms with E-state index < -0.39 is 0 Å². The van der Waals surface area contributed by atoms with Crippen LogP contribution >= 0.6 is 23.1 Å². The van der Waals surface area contributed by atoms with Gasteiger partial charge in [0.15, 0.2) is 10.1 Å². The highest BCUT2D eigenvalue weighted by Crippen LogP contribution is 2.34. The van der Waals surface area contributed by atoms with Crippen molar-refractivity contribution in [3.63, 3.8) is 0 Å². The van der Waals surface area contributed by atoms with E-state index in [4.69, 9.17) is 4.74 Å². The van der Waals surface area contributed by atoms with E-state index in [1.165, 1.54) is 4.70 Å². The van der Waals surface area contributed by atoms with Crippen LogP contribution in [-0.2, 0) is 10.5 Å². The van der Waals surface area contributed by atoms with Gasteiger partial charge in [0.2, 0.25) is 0 Å². The van der Waals surface area contributed by atoms with Crippen molar-refractivity contribution in [2.75, 3.05) is 7.11 Å². The van der Waals surface area contributed by atoms with Gasteiger partial charge in [0, 0.05) is 17.2 Å². The number of fused-ring (bicyclic) bond motifs is 1. The minimum Gasteiger partial charge on any atom is -0.496 e. The average molecular weight is 382 g/mol. The van der Waals surface area contributed by atoms with Crippen LogP contribution in [0.4, 0.5) is 0 Å². The summed E-state index contributed by atoms with van der Waals surface area (Å²) < 4.78 is 7.76. The Balaban J connectivity index is 1.50. The lowest BCUT2D eigenvalue weighted by molar-refractivity contribution is -0.115. The van der Waals surface area contributed by atoms with E-state index >= 15 is 0 Å². The fourth-order valence-corrected chi connectivity index (χ4v) is 4.80. The molecule has 0 saturated heterocycles. The molecule has 2 aromatic carbocycles. The molecule has 1 saturated carbocycles. The second-order valence-corrected chi connectivity index (χ2v) is 8.57. The number of carbonyl (C=O) groups excluding carboxylic acids is 1. The summed E-state index contributed by atoms with van der Waals surface area (Å²) >= 11 is 3.42. The number of benzene rings is 2. The van der Waals surface area contributed by atoms with Crippen molar-refractivity contribution in [1.29, 1.82) is 0 Å². The van der Waals surface area contributed by atoms with Crippen LogP contribution in [0.5, 0.6) is 5.75 Å². The molecule has 5 heteroatoms. The highest BCUT2D eigenvalue weighted by atomic mass is 32.2. The second kappa shape index (κ2) is 7.64. The van der Waals surface area contributed by atoms with Crippen molar-refractivity contribution < 1.29 is 9.53 Å². The highest BCUT2D eigenvalue weighted by molar-refractivity contribution is 8.00. The Morgan fingerprint density at radius 3 is 2.92 bits per heavy atom. The van der Waals surface area contributed by atoms with Gasteiger partial charge in [0.05, 0.1) is 17.3 Å². The molecule has 0 bridgehead atoms. The van der Waals surface area contributed by atoms with Gasteiger partial charge in [0.25, 0.3) is 0 Å². The number of thioether (sulfide) groups is 1. The monoisotopic (exact) mass is 381 g/mol. The van der Waals surface area contributed by atoms with Crippen molar-refractivity contribution in [1.82, 2.24) is 4.98 Å². The predicted molar refractivity (Wildman–Crippen MR) is 109 cm³/mol. The van der Waals surface area contributed by atoms with E-state index in [-0.39, 0.29) is 11.7 Å². The van der Waals surface area contributed by atoms with E-state index in [1.807, 2.05) is 36.4 Å². The molecule has 1 aliphatic rings. The first-order chi connectivity index (χ1) is 12.7. The van der Waals surface area contributed by atoms with Crippen LogP contribution in [0.1, 0.15) is 24.0 Å². The first-order valence-corrected chi connectivity index (χ1v) is 10.4. The molecule has 0 amide bonds. The molecule has 4 rings (SSSR count). The molecule has 0 spiro atoms. The minimum atomic E-state index is 0.242. The lowest BCUT2D eigenvalue weighted by Gasteiger charge is -2.08. The molecule has 0 N–H and O–H groups in total. The van der Waals surface area contributed by atoms with Gasteiger partial charge in [-0.2, -0.15) is 0 Å². The molecule has 3 aromatic rings. The number of hydrogen-bond donors (Lipinski definition) is 0. The molecular formula is C21H19NO2S2. The molecule has 1 fully saturated rings. The topological polar surface area (TPSA) is 39.2 Å². The van der Waals surface area contributed by atoms with Gasteiger partial charge >= 0.3 is 0 Å². The molecule has 1 aliphatic carbocycles. The summed E-state index contributed by atoms with van der Waals surface area (Å²) in [6.45, 7) is 0. The second-order valence-electron chi connectivity index (χ2n) is 6.32. The van der Waals surface area contributed by atoms with Gasteiger partial charge in [-0.3, -0.25) is 4.79 Å². The smallest absolute Gasteiger partial charge is 0.158 e. The third kappa shape index (κ3) is 4.00. The summed E-state index contributed by atoms with van der Waals surface area (Å²) in [4.78, 5) is 16.5. The Kier molecular flexibility index (Phi) is 5.09. The van der Waals surface area contributed by atoms with E-state index in [0.29, 0.717) is 0 Å². The van der Waals surface area contributed by atoms with Crippen LogP contribution in [0.15, 0.2) is 52.9 Å². The SMILES string of the molecule is COc1ccc(/C=C/C(=O)C2CC2)cc1CSc1nc2ccccc2s1. The molecule has 3 nitrogen and oxygen atoms in total. The summed E-state index contributed by atoms with van der Waals surface area (Å²) in [5, 5.41) is 0. The highest BCUT2D eigenvalue weighted by Gasteiger charge is 2.27. The maximum Gasteiger partial charge on any atom is 0.158 e. The average Bonchev–Trinajstić information content (AvgIpc) is 3.44. The van der Waals surface area contributed by atoms with Gasteiger partial charge in [-0.25, -0.2) is 4.98 Å². The normalized spacial score (nSPS) is 14.2. The summed E-state index contributed by atoms with van der Waals surface area (Å²) in [5.74, 6) is 2.15. The minimum absolute atomic E-state index is 0.242. The number of ketones is 1. The number of allylic oxidation sites excluding steroid dienone is 1.